The van der Waals surface area contributed by atoms with Crippen molar-refractivity contribution in [2.75, 3.05) is 6.61 Å². The third-order valence-electron chi connectivity index (χ3n) is 3.90. The van der Waals surface area contributed by atoms with Gasteiger partial charge in [-0.05, 0) is 41.5 Å². The fraction of sp³-hybridized carbons (Fsp3) is 0.143. The lowest BCUT2D eigenvalue weighted by Gasteiger charge is -2.07. The Morgan fingerprint density at radius 2 is 1.96 bits per heavy atom. The van der Waals surface area contributed by atoms with Gasteiger partial charge in [0.1, 0.15) is 5.75 Å². The number of amides is 1. The fourth-order valence-corrected chi connectivity index (χ4v) is 2.92. The zero-order chi connectivity index (χ0) is 18.4. The Hall–Kier alpha value is -2.85. The van der Waals surface area contributed by atoms with E-state index >= 15 is 0 Å². The first-order valence-electron chi connectivity index (χ1n) is 8.38. The smallest absolute Gasteiger partial charge is 0.244 e. The van der Waals surface area contributed by atoms with Gasteiger partial charge in [-0.25, -0.2) is 5.43 Å². The van der Waals surface area contributed by atoms with Crippen LogP contribution in [0.4, 0.5) is 0 Å². The molecule has 0 bridgehead atoms. The topological polar surface area (TPSA) is 50.7 Å². The lowest BCUT2D eigenvalue weighted by atomic mass is 10.0. The number of nitrogens with zero attached hydrogens (tertiary/aromatic N) is 1. The summed E-state index contributed by atoms with van der Waals surface area (Å²) in [5.74, 6) is 0.488. The highest BCUT2D eigenvalue weighted by Crippen LogP contribution is 2.21. The van der Waals surface area contributed by atoms with Crippen LogP contribution in [0.3, 0.4) is 0 Å². The molecule has 5 heteroatoms. The molecule has 3 aromatic rings. The van der Waals surface area contributed by atoms with E-state index in [2.05, 4.69) is 10.5 Å². The summed E-state index contributed by atoms with van der Waals surface area (Å²) in [4.78, 5) is 12.2. The summed E-state index contributed by atoms with van der Waals surface area (Å²) in [6, 6.07) is 19.2. The molecule has 0 unspecified atom stereocenters. The van der Waals surface area contributed by atoms with Gasteiger partial charge in [0.15, 0.2) is 0 Å². The summed E-state index contributed by atoms with van der Waals surface area (Å²) in [5, 5.41) is 6.80. The quantitative estimate of drug-likeness (QED) is 0.512. The van der Waals surface area contributed by atoms with Crippen molar-refractivity contribution in [3.05, 3.63) is 76.8 Å². The minimum atomic E-state index is -0.183. The molecule has 3 aromatic carbocycles. The Bertz CT molecular complexity index is 948. The molecule has 0 saturated carbocycles. The van der Waals surface area contributed by atoms with Gasteiger partial charge in [0.05, 0.1) is 19.2 Å². The predicted molar refractivity (Wildman–Crippen MR) is 106 cm³/mol. The van der Waals surface area contributed by atoms with E-state index < -0.39 is 0 Å². The van der Waals surface area contributed by atoms with Crippen molar-refractivity contribution in [1.82, 2.24) is 5.43 Å². The third-order valence-corrected chi connectivity index (χ3v) is 4.13. The molecule has 0 aliphatic carbocycles. The van der Waals surface area contributed by atoms with E-state index in [0.29, 0.717) is 22.9 Å². The maximum absolute atomic E-state index is 12.2. The van der Waals surface area contributed by atoms with Crippen molar-refractivity contribution < 1.29 is 9.53 Å². The number of benzene rings is 3. The number of carbonyl (C=O) groups excluding carboxylic acids is 1. The standard InChI is InChI=1S/C21H19ClN2O2/c1-2-26-20-11-10-18(22)12-17(20)14-23-24-21(25)13-16-8-5-7-15-6-3-4-9-19(15)16/h3-12,14H,2,13H2,1H3,(H,24,25)/b23-14-. The van der Waals surface area contributed by atoms with Crippen LogP contribution >= 0.6 is 11.6 Å². The molecule has 26 heavy (non-hydrogen) atoms. The monoisotopic (exact) mass is 366 g/mol. The molecule has 0 aromatic heterocycles. The highest BCUT2D eigenvalue weighted by Gasteiger charge is 2.06. The first kappa shape index (κ1) is 18.0. The predicted octanol–water partition coefficient (Wildman–Crippen LogP) is 4.58. The van der Waals surface area contributed by atoms with Crippen LogP contribution in [-0.4, -0.2) is 18.7 Å². The minimum Gasteiger partial charge on any atom is -0.493 e. The van der Waals surface area contributed by atoms with E-state index in [0.717, 1.165) is 16.3 Å². The molecule has 0 fully saturated rings. The van der Waals surface area contributed by atoms with Gasteiger partial charge < -0.3 is 4.74 Å². The van der Waals surface area contributed by atoms with E-state index in [1.165, 1.54) is 6.21 Å². The van der Waals surface area contributed by atoms with Crippen LogP contribution < -0.4 is 10.2 Å². The molecule has 0 heterocycles. The van der Waals surface area contributed by atoms with Crippen LogP contribution in [0.5, 0.6) is 5.75 Å². The van der Waals surface area contributed by atoms with Crippen molar-refractivity contribution in [2.45, 2.75) is 13.3 Å². The van der Waals surface area contributed by atoms with Crippen LogP contribution in [0.1, 0.15) is 18.1 Å². The molecule has 3 rings (SSSR count). The van der Waals surface area contributed by atoms with Gasteiger partial charge in [-0.3, -0.25) is 4.79 Å². The second-order valence-corrected chi connectivity index (χ2v) is 6.16. The van der Waals surface area contributed by atoms with Crippen LogP contribution in [0, 0.1) is 0 Å². The molecule has 0 spiro atoms. The molecule has 0 atom stereocenters. The molecule has 4 nitrogen and oxygen atoms in total. The lowest BCUT2D eigenvalue weighted by Crippen LogP contribution is -2.20. The van der Waals surface area contributed by atoms with Gasteiger partial charge in [0.25, 0.3) is 0 Å². The summed E-state index contributed by atoms with van der Waals surface area (Å²) in [6.07, 6.45) is 1.80. The number of rotatable bonds is 6. The van der Waals surface area contributed by atoms with Crippen molar-refractivity contribution in [3.63, 3.8) is 0 Å². The van der Waals surface area contributed by atoms with E-state index in [9.17, 15) is 4.79 Å². The van der Waals surface area contributed by atoms with Crippen molar-refractivity contribution >= 4 is 34.5 Å². The third kappa shape index (κ3) is 4.41. The number of fused-ring (bicyclic) bond motifs is 1. The van der Waals surface area contributed by atoms with Crippen LogP contribution in [0.2, 0.25) is 5.02 Å². The molecule has 132 valence electrons. The SMILES string of the molecule is CCOc1ccc(Cl)cc1/C=N\NC(=O)Cc1cccc2ccccc12. The molecule has 0 aliphatic rings. The van der Waals surface area contributed by atoms with E-state index in [1.54, 1.807) is 18.2 Å². The second-order valence-electron chi connectivity index (χ2n) is 5.72. The molecular weight excluding hydrogens is 348 g/mol. The summed E-state index contributed by atoms with van der Waals surface area (Å²) < 4.78 is 5.53. The number of hydrogen-bond donors (Lipinski definition) is 1. The normalized spacial score (nSPS) is 11.0. The largest absolute Gasteiger partial charge is 0.493 e. The van der Waals surface area contributed by atoms with Crippen LogP contribution in [-0.2, 0) is 11.2 Å². The van der Waals surface area contributed by atoms with Crippen molar-refractivity contribution in [2.24, 2.45) is 5.10 Å². The van der Waals surface area contributed by atoms with Crippen molar-refractivity contribution in [1.29, 1.82) is 0 Å². The number of carbonyl (C=O) groups is 1. The minimum absolute atomic E-state index is 0.183. The highest BCUT2D eigenvalue weighted by atomic mass is 35.5. The molecule has 1 amide bonds. The zero-order valence-corrected chi connectivity index (χ0v) is 15.2. The van der Waals surface area contributed by atoms with E-state index in [4.69, 9.17) is 16.3 Å². The average Bonchev–Trinajstić information content (AvgIpc) is 2.64. The molecule has 0 saturated heterocycles. The van der Waals surface area contributed by atoms with Gasteiger partial charge in [-0.2, -0.15) is 5.10 Å². The van der Waals surface area contributed by atoms with Crippen LogP contribution in [0.15, 0.2) is 65.8 Å². The Kier molecular flexibility index (Phi) is 5.87. The zero-order valence-electron chi connectivity index (χ0n) is 14.4. The number of ether oxygens (including phenoxy) is 1. The van der Waals surface area contributed by atoms with E-state index in [1.807, 2.05) is 49.4 Å². The average molecular weight is 367 g/mol. The van der Waals surface area contributed by atoms with Crippen LogP contribution in [0.25, 0.3) is 10.8 Å². The Morgan fingerprint density at radius 3 is 2.81 bits per heavy atom. The maximum atomic E-state index is 12.2. The Morgan fingerprint density at radius 1 is 1.15 bits per heavy atom. The number of hydrogen-bond acceptors (Lipinski definition) is 3. The van der Waals surface area contributed by atoms with Gasteiger partial charge >= 0.3 is 0 Å². The van der Waals surface area contributed by atoms with Gasteiger partial charge in [-0.15, -0.1) is 0 Å². The summed E-state index contributed by atoms with van der Waals surface area (Å²) >= 11 is 6.02. The van der Waals surface area contributed by atoms with E-state index in [-0.39, 0.29) is 12.3 Å². The summed E-state index contributed by atoms with van der Waals surface area (Å²) in [5.41, 5.74) is 4.24. The molecule has 0 radical (unpaired) electrons. The fourth-order valence-electron chi connectivity index (χ4n) is 2.74. The Balaban J connectivity index is 1.69. The summed E-state index contributed by atoms with van der Waals surface area (Å²) in [6.45, 7) is 2.44. The maximum Gasteiger partial charge on any atom is 0.244 e. The second kappa shape index (κ2) is 8.50. The summed E-state index contributed by atoms with van der Waals surface area (Å²) in [7, 11) is 0. The number of nitrogens with one attached hydrogen (secondary N) is 1. The molecule has 0 aliphatic heterocycles. The first-order valence-corrected chi connectivity index (χ1v) is 8.76. The number of halogens is 1. The van der Waals surface area contributed by atoms with Gasteiger partial charge in [0.2, 0.25) is 5.91 Å². The van der Waals surface area contributed by atoms with Gasteiger partial charge in [-0.1, -0.05) is 54.1 Å². The Labute approximate surface area is 157 Å². The first-order chi connectivity index (χ1) is 12.7. The van der Waals surface area contributed by atoms with Crippen molar-refractivity contribution in [3.8, 4) is 5.75 Å². The van der Waals surface area contributed by atoms with Gasteiger partial charge in [0, 0.05) is 10.6 Å². The highest BCUT2D eigenvalue weighted by molar-refractivity contribution is 6.30. The number of hydrazone groups is 1. The molecular formula is C21H19ClN2O2. The molecule has 1 N–H and O–H groups in total. The lowest BCUT2D eigenvalue weighted by molar-refractivity contribution is -0.120.